The number of imidazole rings is 1. The molecule has 1 aromatic heterocycles. The largest absolute Gasteiger partial charge is 0.256 e. The third-order valence-electron chi connectivity index (χ3n) is 4.10. The van der Waals surface area contributed by atoms with Crippen molar-refractivity contribution in [3.05, 3.63) is 18.2 Å². The second kappa shape index (κ2) is 10.0. The van der Waals surface area contributed by atoms with Crippen molar-refractivity contribution >= 4 is 0 Å². The fourth-order valence-corrected chi connectivity index (χ4v) is 2.84. The van der Waals surface area contributed by atoms with Crippen LogP contribution in [0.25, 0.3) is 0 Å². The zero-order valence-corrected chi connectivity index (χ0v) is 14.2. The van der Waals surface area contributed by atoms with Gasteiger partial charge in [-0.15, -0.1) is 0 Å². The maximum Gasteiger partial charge on any atom is 0.256 e. The van der Waals surface area contributed by atoms with Crippen LogP contribution >= 0.6 is 0 Å². The molecule has 0 spiro atoms. The van der Waals surface area contributed by atoms with Gasteiger partial charge < -0.3 is 0 Å². The van der Waals surface area contributed by atoms with Crippen LogP contribution < -0.4 is 4.57 Å². The molecule has 0 radical (unpaired) electrons. The number of rotatable bonds is 11. The average molecular weight is 279 g/mol. The molecule has 0 aliphatic rings. The molecule has 2 nitrogen and oxygen atoms in total. The monoisotopic (exact) mass is 279 g/mol. The summed E-state index contributed by atoms with van der Waals surface area (Å²) in [6, 6.07) is 0.577. The molecule has 1 aromatic rings. The fraction of sp³-hybridized carbons (Fsp3) is 0.833. The maximum atomic E-state index is 2.50. The van der Waals surface area contributed by atoms with Gasteiger partial charge in [-0.2, -0.15) is 0 Å². The van der Waals surface area contributed by atoms with Gasteiger partial charge in [-0.05, 0) is 33.1 Å². The number of hydrogen-bond donors (Lipinski definition) is 0. The Hall–Kier alpha value is -0.790. The van der Waals surface area contributed by atoms with E-state index >= 15 is 0 Å². The molecule has 0 saturated carbocycles. The molecule has 0 bridgehead atoms. The van der Waals surface area contributed by atoms with Gasteiger partial charge in [-0.3, -0.25) is 0 Å². The van der Waals surface area contributed by atoms with Gasteiger partial charge in [0, 0.05) is 6.42 Å². The summed E-state index contributed by atoms with van der Waals surface area (Å²) in [6.07, 6.45) is 16.6. The summed E-state index contributed by atoms with van der Waals surface area (Å²) in [6.45, 7) is 10.3. The molecule has 0 N–H and O–H groups in total. The Kier molecular flexibility index (Phi) is 8.64. The Morgan fingerprint density at radius 1 is 0.950 bits per heavy atom. The highest BCUT2D eigenvalue weighted by Gasteiger charge is 2.18. The Morgan fingerprint density at radius 3 is 2.20 bits per heavy atom. The van der Waals surface area contributed by atoms with Gasteiger partial charge >= 0.3 is 0 Å². The van der Waals surface area contributed by atoms with Gasteiger partial charge in [0.15, 0.2) is 0 Å². The van der Waals surface area contributed by atoms with E-state index in [0.717, 1.165) is 0 Å². The minimum atomic E-state index is 0.577. The molecule has 0 aliphatic carbocycles. The molecule has 0 unspecified atom stereocenters. The Labute approximate surface area is 126 Å². The van der Waals surface area contributed by atoms with Gasteiger partial charge in [0.2, 0.25) is 0 Å². The van der Waals surface area contributed by atoms with Gasteiger partial charge in [0.05, 0.1) is 12.6 Å². The molecular formula is C18H35N2+. The number of aryl methyl sites for hydroxylation is 1. The highest BCUT2D eigenvalue weighted by atomic mass is 15.2. The second-order valence-electron chi connectivity index (χ2n) is 6.28. The summed E-state index contributed by atoms with van der Waals surface area (Å²) in [5.74, 6) is 1.53. The molecular weight excluding hydrogens is 244 g/mol. The zero-order valence-electron chi connectivity index (χ0n) is 14.2. The number of nitrogens with zero attached hydrogens (tertiary/aromatic N) is 2. The maximum absolute atomic E-state index is 2.50. The number of hydrogen-bond acceptors (Lipinski definition) is 0. The minimum absolute atomic E-state index is 0.577. The predicted molar refractivity (Wildman–Crippen MR) is 87.0 cm³/mol. The van der Waals surface area contributed by atoms with Crippen molar-refractivity contribution in [2.45, 2.75) is 98.1 Å². The fourth-order valence-electron chi connectivity index (χ4n) is 2.84. The van der Waals surface area contributed by atoms with E-state index in [1.807, 2.05) is 0 Å². The van der Waals surface area contributed by atoms with Crippen LogP contribution in [-0.4, -0.2) is 4.57 Å². The van der Waals surface area contributed by atoms with Crippen LogP contribution in [0.2, 0.25) is 0 Å². The van der Waals surface area contributed by atoms with E-state index in [1.165, 1.54) is 70.2 Å². The molecule has 0 amide bonds. The van der Waals surface area contributed by atoms with Crippen LogP contribution in [-0.2, 0) is 13.0 Å². The lowest BCUT2D eigenvalue weighted by Gasteiger charge is -2.08. The molecule has 0 aromatic carbocycles. The third-order valence-corrected chi connectivity index (χ3v) is 4.10. The molecule has 0 atom stereocenters. The van der Waals surface area contributed by atoms with Crippen molar-refractivity contribution in [1.29, 1.82) is 0 Å². The van der Waals surface area contributed by atoms with E-state index in [-0.39, 0.29) is 0 Å². The normalized spacial score (nSPS) is 11.4. The Balaban J connectivity index is 2.58. The zero-order chi connectivity index (χ0) is 14.8. The van der Waals surface area contributed by atoms with Gasteiger partial charge in [-0.25, -0.2) is 9.13 Å². The average Bonchev–Trinajstić information content (AvgIpc) is 2.83. The topological polar surface area (TPSA) is 8.81 Å². The smallest absolute Gasteiger partial charge is 0.234 e. The summed E-state index contributed by atoms with van der Waals surface area (Å²) in [7, 11) is 0. The standard InChI is InChI=1S/C18H35N2/c1-5-7-9-11-13-18-19(14-12-10-8-6-2)15-16-20(18)17(3)4/h15-17H,5-14H2,1-4H3/q+1. The second-order valence-corrected chi connectivity index (χ2v) is 6.28. The number of aromatic nitrogens is 2. The Morgan fingerprint density at radius 2 is 1.60 bits per heavy atom. The highest BCUT2D eigenvalue weighted by molar-refractivity contribution is 4.86. The summed E-state index contributed by atoms with van der Waals surface area (Å²) >= 11 is 0. The van der Waals surface area contributed by atoms with Crippen molar-refractivity contribution in [2.24, 2.45) is 0 Å². The SMILES string of the molecule is CCCCCCc1n(C(C)C)cc[n+]1CCCCCC. The molecule has 0 saturated heterocycles. The summed E-state index contributed by atoms with van der Waals surface area (Å²) < 4.78 is 4.97. The van der Waals surface area contributed by atoms with Crippen LogP contribution in [0.5, 0.6) is 0 Å². The van der Waals surface area contributed by atoms with Crippen LogP contribution in [0, 0.1) is 0 Å². The molecule has 1 heterocycles. The summed E-state index contributed by atoms with van der Waals surface area (Å²) in [5.41, 5.74) is 0. The van der Waals surface area contributed by atoms with Crippen LogP contribution in [0.3, 0.4) is 0 Å². The first-order chi connectivity index (χ1) is 9.70. The van der Waals surface area contributed by atoms with Crippen molar-refractivity contribution in [3.8, 4) is 0 Å². The molecule has 20 heavy (non-hydrogen) atoms. The third kappa shape index (κ3) is 5.68. The van der Waals surface area contributed by atoms with Crippen molar-refractivity contribution < 1.29 is 4.57 Å². The molecule has 116 valence electrons. The van der Waals surface area contributed by atoms with E-state index in [2.05, 4.69) is 49.2 Å². The van der Waals surface area contributed by atoms with E-state index in [1.54, 1.807) is 0 Å². The van der Waals surface area contributed by atoms with E-state index in [0.29, 0.717) is 6.04 Å². The van der Waals surface area contributed by atoms with E-state index < -0.39 is 0 Å². The minimum Gasteiger partial charge on any atom is -0.234 e. The lowest BCUT2D eigenvalue weighted by Crippen LogP contribution is -2.37. The van der Waals surface area contributed by atoms with E-state index in [9.17, 15) is 0 Å². The van der Waals surface area contributed by atoms with Crippen LogP contribution in [0.1, 0.15) is 90.9 Å². The van der Waals surface area contributed by atoms with Crippen LogP contribution in [0.4, 0.5) is 0 Å². The first-order valence-electron chi connectivity index (χ1n) is 8.79. The first-order valence-corrected chi connectivity index (χ1v) is 8.79. The highest BCUT2D eigenvalue weighted by Crippen LogP contribution is 2.11. The van der Waals surface area contributed by atoms with E-state index in [4.69, 9.17) is 0 Å². The summed E-state index contributed by atoms with van der Waals surface area (Å²) in [4.78, 5) is 0. The quantitative estimate of drug-likeness (QED) is 0.395. The summed E-state index contributed by atoms with van der Waals surface area (Å²) in [5, 5.41) is 0. The molecule has 0 aliphatic heterocycles. The lowest BCUT2D eigenvalue weighted by molar-refractivity contribution is -0.704. The van der Waals surface area contributed by atoms with Gasteiger partial charge in [-0.1, -0.05) is 46.0 Å². The van der Waals surface area contributed by atoms with Crippen LogP contribution in [0.15, 0.2) is 12.4 Å². The van der Waals surface area contributed by atoms with Crippen molar-refractivity contribution in [1.82, 2.24) is 4.57 Å². The van der Waals surface area contributed by atoms with Crippen molar-refractivity contribution in [2.75, 3.05) is 0 Å². The van der Waals surface area contributed by atoms with Crippen molar-refractivity contribution in [3.63, 3.8) is 0 Å². The number of unbranched alkanes of at least 4 members (excludes halogenated alkanes) is 6. The molecule has 0 fully saturated rings. The predicted octanol–water partition coefficient (Wildman–Crippen LogP) is 5.06. The lowest BCUT2D eigenvalue weighted by atomic mass is 10.1. The van der Waals surface area contributed by atoms with Gasteiger partial charge in [0.25, 0.3) is 5.82 Å². The Bertz CT molecular complexity index is 352. The van der Waals surface area contributed by atoms with Gasteiger partial charge in [0.1, 0.15) is 12.4 Å². The first kappa shape index (κ1) is 17.3. The molecule has 2 heteroatoms. The molecule has 1 rings (SSSR count).